The SMILES string of the molecule is CCN1CCN(CC(O)COc2ccc3ccccc3c2)CC1.Cl.Cl. The Labute approximate surface area is 162 Å². The fourth-order valence-corrected chi connectivity index (χ4v) is 3.09. The summed E-state index contributed by atoms with van der Waals surface area (Å²) in [5.74, 6) is 0.818. The lowest BCUT2D eigenvalue weighted by atomic mass is 10.1. The van der Waals surface area contributed by atoms with Crippen molar-refractivity contribution in [1.82, 2.24) is 9.80 Å². The molecule has 2 aromatic carbocycles. The van der Waals surface area contributed by atoms with Gasteiger partial charge in [-0.1, -0.05) is 37.3 Å². The molecule has 1 unspecified atom stereocenters. The first-order valence-corrected chi connectivity index (χ1v) is 8.49. The molecule has 1 fully saturated rings. The molecule has 1 heterocycles. The van der Waals surface area contributed by atoms with Crippen LogP contribution in [-0.4, -0.2) is 66.9 Å². The number of hydrogen-bond acceptors (Lipinski definition) is 4. The van der Waals surface area contributed by atoms with Gasteiger partial charge >= 0.3 is 0 Å². The van der Waals surface area contributed by atoms with Crippen LogP contribution in [0.25, 0.3) is 10.8 Å². The fraction of sp³-hybridized carbons (Fsp3) is 0.474. The van der Waals surface area contributed by atoms with E-state index in [-0.39, 0.29) is 24.8 Å². The van der Waals surface area contributed by atoms with Crippen molar-refractivity contribution in [3.63, 3.8) is 0 Å². The van der Waals surface area contributed by atoms with E-state index in [1.807, 2.05) is 24.3 Å². The molecule has 1 saturated heterocycles. The number of nitrogens with zero attached hydrogens (tertiary/aromatic N) is 2. The summed E-state index contributed by atoms with van der Waals surface area (Å²) in [6.07, 6.45) is -0.449. The van der Waals surface area contributed by atoms with Crippen molar-refractivity contribution in [2.75, 3.05) is 45.9 Å². The quantitative estimate of drug-likeness (QED) is 0.827. The summed E-state index contributed by atoms with van der Waals surface area (Å²) in [5.41, 5.74) is 0. The number of halogens is 2. The molecule has 6 heteroatoms. The minimum absolute atomic E-state index is 0. The van der Waals surface area contributed by atoms with Crippen molar-refractivity contribution < 1.29 is 9.84 Å². The molecule has 0 radical (unpaired) electrons. The molecule has 1 N–H and O–H groups in total. The topological polar surface area (TPSA) is 35.9 Å². The van der Waals surface area contributed by atoms with Crippen LogP contribution in [0.15, 0.2) is 42.5 Å². The molecule has 0 amide bonds. The summed E-state index contributed by atoms with van der Waals surface area (Å²) in [6, 6.07) is 14.3. The molecule has 25 heavy (non-hydrogen) atoms. The van der Waals surface area contributed by atoms with E-state index in [1.54, 1.807) is 0 Å². The Hall–Kier alpha value is -1.04. The number of aliphatic hydroxyl groups excluding tert-OH is 1. The number of fused-ring (bicyclic) bond motifs is 1. The number of aliphatic hydroxyl groups is 1. The molecule has 1 aliphatic rings. The van der Waals surface area contributed by atoms with Crippen LogP contribution >= 0.6 is 24.8 Å². The molecule has 0 bridgehead atoms. The summed E-state index contributed by atoms with van der Waals surface area (Å²) in [4.78, 5) is 4.76. The zero-order valence-electron chi connectivity index (χ0n) is 14.6. The first-order valence-electron chi connectivity index (χ1n) is 8.49. The first-order chi connectivity index (χ1) is 11.2. The van der Waals surface area contributed by atoms with Crippen LogP contribution < -0.4 is 4.74 Å². The van der Waals surface area contributed by atoms with Crippen molar-refractivity contribution >= 4 is 35.6 Å². The van der Waals surface area contributed by atoms with Gasteiger partial charge in [-0.15, -0.1) is 24.8 Å². The highest BCUT2D eigenvalue weighted by Crippen LogP contribution is 2.20. The molecular formula is C19H28Cl2N2O2. The average molecular weight is 387 g/mol. The van der Waals surface area contributed by atoms with E-state index in [0.29, 0.717) is 13.2 Å². The van der Waals surface area contributed by atoms with Gasteiger partial charge in [-0.3, -0.25) is 4.90 Å². The number of β-amino-alcohol motifs (C(OH)–C–C–N with tert-alkyl or cyclic N) is 1. The number of ether oxygens (including phenoxy) is 1. The Morgan fingerprint density at radius 2 is 1.60 bits per heavy atom. The Balaban J connectivity index is 0.00000156. The number of hydrogen-bond donors (Lipinski definition) is 1. The van der Waals surface area contributed by atoms with Crippen molar-refractivity contribution in [2.45, 2.75) is 13.0 Å². The Kier molecular flexibility index (Phi) is 9.54. The molecule has 3 rings (SSSR count). The third kappa shape index (κ3) is 6.32. The van der Waals surface area contributed by atoms with Gasteiger partial charge in [0.1, 0.15) is 18.5 Å². The van der Waals surface area contributed by atoms with Gasteiger partial charge in [-0.05, 0) is 29.4 Å². The van der Waals surface area contributed by atoms with E-state index >= 15 is 0 Å². The van der Waals surface area contributed by atoms with Gasteiger partial charge in [0, 0.05) is 32.7 Å². The lowest BCUT2D eigenvalue weighted by Crippen LogP contribution is -2.49. The normalized spacial score (nSPS) is 16.7. The monoisotopic (exact) mass is 386 g/mol. The van der Waals surface area contributed by atoms with E-state index < -0.39 is 6.10 Å². The van der Waals surface area contributed by atoms with Gasteiger partial charge in [-0.25, -0.2) is 0 Å². The van der Waals surface area contributed by atoms with Gasteiger partial charge in [0.2, 0.25) is 0 Å². The Morgan fingerprint density at radius 3 is 2.28 bits per heavy atom. The Bertz CT molecular complexity index is 634. The minimum Gasteiger partial charge on any atom is -0.491 e. The highest BCUT2D eigenvalue weighted by molar-refractivity contribution is 5.85. The summed E-state index contributed by atoms with van der Waals surface area (Å²) in [5, 5.41) is 12.6. The third-order valence-corrected chi connectivity index (χ3v) is 4.54. The maximum Gasteiger partial charge on any atom is 0.120 e. The van der Waals surface area contributed by atoms with Gasteiger partial charge < -0.3 is 14.7 Å². The molecule has 2 aromatic rings. The zero-order valence-corrected chi connectivity index (χ0v) is 16.3. The lowest BCUT2D eigenvalue weighted by molar-refractivity contribution is 0.0471. The van der Waals surface area contributed by atoms with Crippen molar-refractivity contribution in [1.29, 1.82) is 0 Å². The van der Waals surface area contributed by atoms with E-state index in [0.717, 1.165) is 43.9 Å². The van der Waals surface area contributed by atoms with E-state index in [1.165, 1.54) is 5.39 Å². The molecule has 0 saturated carbocycles. The summed E-state index contributed by atoms with van der Waals surface area (Å²) in [7, 11) is 0. The highest BCUT2D eigenvalue weighted by atomic mass is 35.5. The van der Waals surface area contributed by atoms with Crippen molar-refractivity contribution in [3.05, 3.63) is 42.5 Å². The van der Waals surface area contributed by atoms with Crippen LogP contribution in [-0.2, 0) is 0 Å². The molecule has 4 nitrogen and oxygen atoms in total. The van der Waals surface area contributed by atoms with E-state index in [9.17, 15) is 5.11 Å². The fourth-order valence-electron chi connectivity index (χ4n) is 3.09. The lowest BCUT2D eigenvalue weighted by Gasteiger charge is -2.34. The molecule has 0 spiro atoms. The van der Waals surface area contributed by atoms with Crippen LogP contribution in [0, 0.1) is 0 Å². The van der Waals surface area contributed by atoms with Crippen molar-refractivity contribution in [3.8, 4) is 5.75 Å². The maximum atomic E-state index is 10.2. The molecule has 0 aliphatic carbocycles. The second-order valence-corrected chi connectivity index (χ2v) is 6.21. The molecule has 0 aromatic heterocycles. The maximum absolute atomic E-state index is 10.2. The minimum atomic E-state index is -0.449. The highest BCUT2D eigenvalue weighted by Gasteiger charge is 2.18. The predicted molar refractivity (Wildman–Crippen MR) is 108 cm³/mol. The van der Waals surface area contributed by atoms with E-state index in [4.69, 9.17) is 4.74 Å². The van der Waals surface area contributed by atoms with Crippen LogP contribution in [0.4, 0.5) is 0 Å². The van der Waals surface area contributed by atoms with Crippen LogP contribution in [0.1, 0.15) is 6.92 Å². The summed E-state index contributed by atoms with van der Waals surface area (Å²) >= 11 is 0. The number of rotatable bonds is 6. The number of benzene rings is 2. The second kappa shape index (κ2) is 10.8. The second-order valence-electron chi connectivity index (χ2n) is 6.21. The molecule has 1 atom stereocenters. The van der Waals surface area contributed by atoms with Crippen LogP contribution in [0.2, 0.25) is 0 Å². The average Bonchev–Trinajstić information content (AvgIpc) is 2.60. The van der Waals surface area contributed by atoms with Crippen LogP contribution in [0.3, 0.4) is 0 Å². The third-order valence-electron chi connectivity index (χ3n) is 4.54. The van der Waals surface area contributed by atoms with Gasteiger partial charge in [0.05, 0.1) is 0 Å². The van der Waals surface area contributed by atoms with E-state index in [2.05, 4.69) is 34.9 Å². The van der Waals surface area contributed by atoms with Gasteiger partial charge in [-0.2, -0.15) is 0 Å². The van der Waals surface area contributed by atoms with Crippen LogP contribution in [0.5, 0.6) is 5.75 Å². The first kappa shape index (κ1) is 22.0. The van der Waals surface area contributed by atoms with Gasteiger partial charge in [0.25, 0.3) is 0 Å². The Morgan fingerprint density at radius 1 is 0.960 bits per heavy atom. The summed E-state index contributed by atoms with van der Waals surface area (Å²) in [6.45, 7) is 8.58. The zero-order chi connectivity index (χ0) is 16.1. The molecule has 140 valence electrons. The van der Waals surface area contributed by atoms with Crippen molar-refractivity contribution in [2.24, 2.45) is 0 Å². The smallest absolute Gasteiger partial charge is 0.120 e. The standard InChI is InChI=1S/C19H26N2O2.2ClH/c1-2-20-9-11-21(12-10-20)14-18(22)15-23-19-8-7-16-5-3-4-6-17(16)13-19;;/h3-8,13,18,22H,2,9-12,14-15H2,1H3;2*1H. The van der Waals surface area contributed by atoms with Gasteiger partial charge in [0.15, 0.2) is 0 Å². The number of likely N-dealkylation sites (N-methyl/N-ethyl adjacent to an activating group) is 1. The number of piperazine rings is 1. The predicted octanol–water partition coefficient (Wildman–Crippen LogP) is 3.06. The molecular weight excluding hydrogens is 359 g/mol. The largest absolute Gasteiger partial charge is 0.491 e. The summed E-state index contributed by atoms with van der Waals surface area (Å²) < 4.78 is 5.77. The molecule has 1 aliphatic heterocycles.